The van der Waals surface area contributed by atoms with Crippen LogP contribution >= 0.6 is 22.6 Å². The highest BCUT2D eigenvalue weighted by atomic mass is 127. The molecule has 0 aromatic heterocycles. The summed E-state index contributed by atoms with van der Waals surface area (Å²) in [5.41, 5.74) is 3.99. The van der Waals surface area contributed by atoms with Crippen LogP contribution in [0.3, 0.4) is 0 Å². The van der Waals surface area contributed by atoms with Crippen molar-refractivity contribution >= 4 is 34.3 Å². The third-order valence-corrected chi connectivity index (χ3v) is 5.12. The predicted octanol–water partition coefficient (Wildman–Crippen LogP) is 3.82. The molecule has 1 N–H and O–H groups in total. The lowest BCUT2D eigenvalue weighted by molar-refractivity contribution is -0.138. The molecule has 1 aromatic rings. The number of halogens is 1. The summed E-state index contributed by atoms with van der Waals surface area (Å²) in [5.74, 6) is -0.569. The van der Waals surface area contributed by atoms with Gasteiger partial charge in [-0.2, -0.15) is 0 Å². The molecule has 0 amide bonds. The molecule has 4 nitrogen and oxygen atoms in total. The van der Waals surface area contributed by atoms with Crippen LogP contribution in [0.2, 0.25) is 0 Å². The topological polar surface area (TPSA) is 55.4 Å². The Morgan fingerprint density at radius 1 is 1.38 bits per heavy atom. The van der Waals surface area contributed by atoms with Gasteiger partial charge in [0.2, 0.25) is 0 Å². The Bertz CT molecular complexity index is 764. The van der Waals surface area contributed by atoms with E-state index in [0.717, 1.165) is 38.9 Å². The minimum Gasteiger partial charge on any atom is -0.463 e. The van der Waals surface area contributed by atoms with Crippen LogP contribution in [0, 0.1) is 3.57 Å². The Morgan fingerprint density at radius 2 is 2.17 bits per heavy atom. The van der Waals surface area contributed by atoms with Gasteiger partial charge in [-0.05, 0) is 67.0 Å². The van der Waals surface area contributed by atoms with E-state index in [1.165, 1.54) is 0 Å². The van der Waals surface area contributed by atoms with Crippen LogP contribution in [-0.4, -0.2) is 18.4 Å². The number of benzene rings is 1. The molecule has 0 bridgehead atoms. The molecule has 5 heteroatoms. The van der Waals surface area contributed by atoms with Crippen molar-refractivity contribution in [3.8, 4) is 0 Å². The number of esters is 1. The molecule has 1 aliphatic heterocycles. The van der Waals surface area contributed by atoms with Gasteiger partial charge in [-0.1, -0.05) is 12.1 Å². The van der Waals surface area contributed by atoms with Gasteiger partial charge in [-0.3, -0.25) is 4.79 Å². The summed E-state index contributed by atoms with van der Waals surface area (Å²) in [7, 11) is 0. The predicted molar refractivity (Wildman–Crippen MR) is 100 cm³/mol. The first-order chi connectivity index (χ1) is 11.5. The quantitative estimate of drug-likeness (QED) is 0.577. The molecule has 2 aliphatic rings. The summed E-state index contributed by atoms with van der Waals surface area (Å²) < 4.78 is 6.35. The van der Waals surface area contributed by atoms with E-state index in [1.54, 1.807) is 6.92 Å². The molecule has 3 rings (SSSR count). The van der Waals surface area contributed by atoms with Gasteiger partial charge in [-0.25, -0.2) is 4.79 Å². The fourth-order valence-corrected chi connectivity index (χ4v) is 4.05. The number of carbonyl (C=O) groups excluding carboxylic acids is 2. The SMILES string of the molecule is CCOC(=O)C1=C(C)NC2=C(C(=O)CCC2)[C@H]1c1cccc(I)c1. The summed E-state index contributed by atoms with van der Waals surface area (Å²) in [4.78, 5) is 25.3. The molecule has 0 radical (unpaired) electrons. The lowest BCUT2D eigenvalue weighted by atomic mass is 9.75. The van der Waals surface area contributed by atoms with Gasteiger partial charge in [0.05, 0.1) is 12.2 Å². The van der Waals surface area contributed by atoms with Crippen molar-refractivity contribution in [3.05, 3.63) is 55.9 Å². The molecule has 1 heterocycles. The van der Waals surface area contributed by atoms with Crippen molar-refractivity contribution in [2.45, 2.75) is 39.0 Å². The van der Waals surface area contributed by atoms with Crippen molar-refractivity contribution in [1.29, 1.82) is 0 Å². The molecule has 0 unspecified atom stereocenters. The third kappa shape index (κ3) is 3.14. The maximum absolute atomic E-state index is 12.7. The number of ketones is 1. The molecular weight excluding hydrogens is 417 g/mol. The zero-order valence-electron chi connectivity index (χ0n) is 13.8. The molecule has 0 fully saturated rings. The van der Waals surface area contributed by atoms with E-state index in [0.29, 0.717) is 18.6 Å². The van der Waals surface area contributed by atoms with Crippen LogP contribution in [0.1, 0.15) is 44.6 Å². The molecule has 1 aromatic carbocycles. The zero-order valence-corrected chi connectivity index (χ0v) is 16.0. The Balaban J connectivity index is 2.17. The van der Waals surface area contributed by atoms with Crippen LogP contribution in [0.4, 0.5) is 0 Å². The van der Waals surface area contributed by atoms with Crippen molar-refractivity contribution in [3.63, 3.8) is 0 Å². The fraction of sp³-hybridized carbons (Fsp3) is 0.368. The second-order valence-corrected chi connectivity index (χ2v) is 7.29. The van der Waals surface area contributed by atoms with E-state index in [1.807, 2.05) is 31.2 Å². The van der Waals surface area contributed by atoms with E-state index in [4.69, 9.17) is 4.74 Å². The summed E-state index contributed by atoms with van der Waals surface area (Å²) in [6.07, 6.45) is 2.23. The maximum atomic E-state index is 12.7. The van der Waals surface area contributed by atoms with Crippen LogP contribution in [0.25, 0.3) is 0 Å². The van der Waals surface area contributed by atoms with Gasteiger partial charge in [0.1, 0.15) is 0 Å². The van der Waals surface area contributed by atoms with E-state index in [9.17, 15) is 9.59 Å². The van der Waals surface area contributed by atoms with E-state index in [2.05, 4.69) is 27.9 Å². The standard InChI is InChI=1S/C19H20INO3/c1-3-24-19(23)16-11(2)21-14-8-5-9-15(22)18(14)17(16)12-6-4-7-13(20)10-12/h4,6-7,10,17,21H,3,5,8-9H2,1-2H3/t17-/m0/s1. The number of carbonyl (C=O) groups is 2. The summed E-state index contributed by atoms with van der Waals surface area (Å²) in [6.45, 7) is 3.99. The van der Waals surface area contributed by atoms with Gasteiger partial charge >= 0.3 is 5.97 Å². The number of rotatable bonds is 3. The lowest BCUT2D eigenvalue weighted by Crippen LogP contribution is -2.34. The first kappa shape index (κ1) is 17.2. The smallest absolute Gasteiger partial charge is 0.336 e. The second-order valence-electron chi connectivity index (χ2n) is 6.04. The Morgan fingerprint density at radius 3 is 2.88 bits per heavy atom. The van der Waals surface area contributed by atoms with Gasteiger partial charge in [0.25, 0.3) is 0 Å². The van der Waals surface area contributed by atoms with E-state index >= 15 is 0 Å². The normalized spacial score (nSPS) is 20.6. The molecular formula is C19H20INO3. The van der Waals surface area contributed by atoms with E-state index in [-0.39, 0.29) is 17.7 Å². The monoisotopic (exact) mass is 437 g/mol. The van der Waals surface area contributed by atoms with Crippen molar-refractivity contribution in [2.75, 3.05) is 6.61 Å². The number of nitrogens with one attached hydrogen (secondary N) is 1. The fourth-order valence-electron chi connectivity index (χ4n) is 3.48. The maximum Gasteiger partial charge on any atom is 0.336 e. The number of ether oxygens (including phenoxy) is 1. The highest BCUT2D eigenvalue weighted by Crippen LogP contribution is 2.42. The minimum atomic E-state index is -0.351. The molecule has 0 saturated carbocycles. The van der Waals surface area contributed by atoms with Gasteiger partial charge in [0.15, 0.2) is 5.78 Å². The largest absolute Gasteiger partial charge is 0.463 e. The molecule has 24 heavy (non-hydrogen) atoms. The van der Waals surface area contributed by atoms with Crippen molar-refractivity contribution < 1.29 is 14.3 Å². The first-order valence-corrected chi connectivity index (χ1v) is 9.27. The second kappa shape index (κ2) is 7.09. The minimum absolute atomic E-state index is 0.127. The Labute approximate surface area is 155 Å². The average Bonchev–Trinajstić information content (AvgIpc) is 2.54. The number of hydrogen-bond donors (Lipinski definition) is 1. The number of allylic oxidation sites excluding steroid dienone is 3. The number of Topliss-reactive ketones (excluding diaryl/α,β-unsaturated/α-hetero) is 1. The first-order valence-electron chi connectivity index (χ1n) is 8.19. The van der Waals surface area contributed by atoms with Crippen molar-refractivity contribution in [1.82, 2.24) is 5.32 Å². The molecule has 0 saturated heterocycles. The summed E-state index contributed by atoms with van der Waals surface area (Å²) >= 11 is 2.25. The van der Waals surface area contributed by atoms with Crippen LogP contribution in [0.5, 0.6) is 0 Å². The molecule has 126 valence electrons. The van der Waals surface area contributed by atoms with E-state index < -0.39 is 0 Å². The third-order valence-electron chi connectivity index (χ3n) is 4.45. The Kier molecular flexibility index (Phi) is 5.08. The van der Waals surface area contributed by atoms with Crippen molar-refractivity contribution in [2.24, 2.45) is 0 Å². The molecule has 1 aliphatic carbocycles. The summed E-state index contributed by atoms with van der Waals surface area (Å²) in [5, 5.41) is 3.29. The number of dihydropyridines is 1. The van der Waals surface area contributed by atoms with Gasteiger partial charge in [0, 0.05) is 32.9 Å². The van der Waals surface area contributed by atoms with Gasteiger partial charge in [-0.15, -0.1) is 0 Å². The van der Waals surface area contributed by atoms with Crippen LogP contribution < -0.4 is 5.32 Å². The lowest BCUT2D eigenvalue weighted by Gasteiger charge is -2.34. The van der Waals surface area contributed by atoms with Crippen LogP contribution in [-0.2, 0) is 14.3 Å². The highest BCUT2D eigenvalue weighted by Gasteiger charge is 2.38. The molecule has 0 spiro atoms. The van der Waals surface area contributed by atoms with Crippen LogP contribution in [0.15, 0.2) is 46.8 Å². The Hall–Kier alpha value is -1.63. The number of hydrogen-bond acceptors (Lipinski definition) is 4. The molecule has 1 atom stereocenters. The van der Waals surface area contributed by atoms with Gasteiger partial charge < -0.3 is 10.1 Å². The highest BCUT2D eigenvalue weighted by molar-refractivity contribution is 14.1. The average molecular weight is 437 g/mol. The summed E-state index contributed by atoms with van der Waals surface area (Å²) in [6, 6.07) is 7.99. The zero-order chi connectivity index (χ0) is 17.3.